The van der Waals surface area contributed by atoms with Crippen LogP contribution in [0.1, 0.15) is 25.3 Å². The highest BCUT2D eigenvalue weighted by molar-refractivity contribution is 6.29. The Morgan fingerprint density at radius 3 is 2.73 bits per heavy atom. The Bertz CT molecular complexity index is 366. The van der Waals surface area contributed by atoms with Gasteiger partial charge < -0.3 is 5.32 Å². The van der Waals surface area contributed by atoms with E-state index in [2.05, 4.69) is 5.32 Å². The molecule has 0 aliphatic carbocycles. The van der Waals surface area contributed by atoms with Crippen LogP contribution in [-0.2, 0) is 4.79 Å². The number of hydrogen-bond donors (Lipinski definition) is 1. The highest BCUT2D eigenvalue weighted by atomic mass is 35.5. The molecule has 0 fully saturated rings. The van der Waals surface area contributed by atoms with E-state index in [0.29, 0.717) is 5.56 Å². The molecule has 0 saturated carbocycles. The molecule has 0 aromatic heterocycles. The number of nitrogens with one attached hydrogen (secondary N) is 1. The van der Waals surface area contributed by atoms with Crippen LogP contribution in [0.5, 0.6) is 0 Å². The molecule has 0 aliphatic rings. The maximum absolute atomic E-state index is 13.8. The standard InChI is InChI=1S/C11H13ClFNO/c1-7(2)8-4-3-5-9(11(8)13)14-10(15)6-12/h3-5,7H,6H2,1-2H3,(H,14,15). The number of rotatable bonds is 3. The third-order valence-corrected chi connectivity index (χ3v) is 2.29. The first-order chi connectivity index (χ1) is 7.06. The van der Waals surface area contributed by atoms with E-state index in [0.717, 1.165) is 0 Å². The van der Waals surface area contributed by atoms with Crippen LogP contribution in [0.4, 0.5) is 10.1 Å². The summed E-state index contributed by atoms with van der Waals surface area (Å²) in [7, 11) is 0. The summed E-state index contributed by atoms with van der Waals surface area (Å²) in [5.41, 5.74) is 0.772. The Balaban J connectivity index is 2.99. The molecule has 1 rings (SSSR count). The summed E-state index contributed by atoms with van der Waals surface area (Å²) in [6, 6.07) is 4.93. The number of hydrogen-bond acceptors (Lipinski definition) is 1. The fraction of sp³-hybridized carbons (Fsp3) is 0.364. The Labute approximate surface area is 93.4 Å². The molecule has 0 saturated heterocycles. The summed E-state index contributed by atoms with van der Waals surface area (Å²) >= 11 is 5.32. The van der Waals surface area contributed by atoms with Crippen molar-refractivity contribution >= 4 is 23.2 Å². The second-order valence-electron chi connectivity index (χ2n) is 3.55. The zero-order chi connectivity index (χ0) is 11.4. The number of carbonyl (C=O) groups is 1. The zero-order valence-electron chi connectivity index (χ0n) is 8.68. The molecule has 0 unspecified atom stereocenters. The maximum Gasteiger partial charge on any atom is 0.239 e. The number of alkyl halides is 1. The minimum Gasteiger partial charge on any atom is -0.323 e. The monoisotopic (exact) mass is 229 g/mol. The Hall–Kier alpha value is -1.09. The smallest absolute Gasteiger partial charge is 0.239 e. The quantitative estimate of drug-likeness (QED) is 0.793. The summed E-state index contributed by atoms with van der Waals surface area (Å²) < 4.78 is 13.8. The van der Waals surface area contributed by atoms with Crippen LogP contribution in [0.15, 0.2) is 18.2 Å². The Kier molecular flexibility index (Phi) is 4.09. The van der Waals surface area contributed by atoms with E-state index in [9.17, 15) is 9.18 Å². The summed E-state index contributed by atoms with van der Waals surface area (Å²) in [4.78, 5) is 11.0. The molecule has 1 N–H and O–H groups in total. The average Bonchev–Trinajstić information content (AvgIpc) is 2.20. The van der Waals surface area contributed by atoms with E-state index in [-0.39, 0.29) is 23.3 Å². The van der Waals surface area contributed by atoms with Crippen LogP contribution in [0.3, 0.4) is 0 Å². The van der Waals surface area contributed by atoms with Gasteiger partial charge in [-0.3, -0.25) is 4.79 Å². The van der Waals surface area contributed by atoms with Gasteiger partial charge >= 0.3 is 0 Å². The van der Waals surface area contributed by atoms with Gasteiger partial charge in [-0.2, -0.15) is 0 Å². The molecule has 82 valence electrons. The van der Waals surface area contributed by atoms with Crippen LogP contribution < -0.4 is 5.32 Å². The highest BCUT2D eigenvalue weighted by Gasteiger charge is 2.12. The lowest BCUT2D eigenvalue weighted by Crippen LogP contribution is -2.14. The normalized spacial score (nSPS) is 10.5. The van der Waals surface area contributed by atoms with Crippen LogP contribution in [-0.4, -0.2) is 11.8 Å². The summed E-state index contributed by atoms with van der Waals surface area (Å²) in [6.07, 6.45) is 0. The molecule has 0 aliphatic heterocycles. The molecule has 15 heavy (non-hydrogen) atoms. The van der Waals surface area contributed by atoms with Crippen LogP contribution in [0.2, 0.25) is 0 Å². The van der Waals surface area contributed by atoms with Gasteiger partial charge in [-0.25, -0.2) is 4.39 Å². The molecule has 1 aromatic carbocycles. The van der Waals surface area contributed by atoms with Gasteiger partial charge in [0, 0.05) is 0 Å². The van der Waals surface area contributed by atoms with Gasteiger partial charge in [-0.15, -0.1) is 11.6 Å². The molecule has 0 heterocycles. The largest absolute Gasteiger partial charge is 0.323 e. The molecule has 0 bridgehead atoms. The Morgan fingerprint density at radius 1 is 1.53 bits per heavy atom. The molecule has 4 heteroatoms. The average molecular weight is 230 g/mol. The van der Waals surface area contributed by atoms with Crippen molar-refractivity contribution in [1.29, 1.82) is 0 Å². The first-order valence-corrected chi connectivity index (χ1v) is 5.24. The predicted molar refractivity (Wildman–Crippen MR) is 59.8 cm³/mol. The van der Waals surface area contributed by atoms with Crippen molar-refractivity contribution in [3.63, 3.8) is 0 Å². The van der Waals surface area contributed by atoms with Crippen molar-refractivity contribution in [3.05, 3.63) is 29.6 Å². The van der Waals surface area contributed by atoms with Crippen molar-refractivity contribution in [2.45, 2.75) is 19.8 Å². The minimum absolute atomic E-state index is 0.0813. The van der Waals surface area contributed by atoms with Gasteiger partial charge in [0.1, 0.15) is 11.7 Å². The molecule has 0 spiro atoms. The minimum atomic E-state index is -0.406. The predicted octanol–water partition coefficient (Wildman–Crippen LogP) is 3.13. The molecular formula is C11H13ClFNO. The third kappa shape index (κ3) is 2.93. The Morgan fingerprint density at radius 2 is 2.20 bits per heavy atom. The molecular weight excluding hydrogens is 217 g/mol. The first kappa shape index (κ1) is 12.0. The highest BCUT2D eigenvalue weighted by Crippen LogP contribution is 2.24. The zero-order valence-corrected chi connectivity index (χ0v) is 9.44. The molecule has 1 amide bonds. The summed E-state index contributed by atoms with van der Waals surface area (Å²) in [6.45, 7) is 3.79. The van der Waals surface area contributed by atoms with E-state index in [1.54, 1.807) is 12.1 Å². The van der Waals surface area contributed by atoms with E-state index < -0.39 is 5.91 Å². The van der Waals surface area contributed by atoms with Gasteiger partial charge in [-0.1, -0.05) is 26.0 Å². The second-order valence-corrected chi connectivity index (χ2v) is 3.81. The fourth-order valence-electron chi connectivity index (χ4n) is 1.28. The molecule has 0 radical (unpaired) electrons. The number of halogens is 2. The van der Waals surface area contributed by atoms with Crippen LogP contribution >= 0.6 is 11.6 Å². The van der Waals surface area contributed by atoms with Gasteiger partial charge in [-0.05, 0) is 17.5 Å². The van der Waals surface area contributed by atoms with Gasteiger partial charge in [0.05, 0.1) is 5.69 Å². The maximum atomic E-state index is 13.8. The van der Waals surface area contributed by atoms with E-state index >= 15 is 0 Å². The number of carbonyl (C=O) groups excluding carboxylic acids is 1. The van der Waals surface area contributed by atoms with Gasteiger partial charge in [0.25, 0.3) is 0 Å². The lowest BCUT2D eigenvalue weighted by Gasteiger charge is -2.11. The lowest BCUT2D eigenvalue weighted by molar-refractivity contribution is -0.113. The second kappa shape index (κ2) is 5.12. The van der Waals surface area contributed by atoms with Crippen LogP contribution in [0, 0.1) is 5.82 Å². The van der Waals surface area contributed by atoms with Crippen molar-refractivity contribution in [1.82, 2.24) is 0 Å². The van der Waals surface area contributed by atoms with Crippen LogP contribution in [0.25, 0.3) is 0 Å². The molecule has 2 nitrogen and oxygen atoms in total. The number of benzene rings is 1. The summed E-state index contributed by atoms with van der Waals surface area (Å²) in [5.74, 6) is -0.883. The molecule has 1 aromatic rings. The fourth-order valence-corrected chi connectivity index (χ4v) is 1.34. The lowest BCUT2D eigenvalue weighted by atomic mass is 10.0. The van der Waals surface area contributed by atoms with Gasteiger partial charge in [0.15, 0.2) is 0 Å². The van der Waals surface area contributed by atoms with E-state index in [1.807, 2.05) is 13.8 Å². The number of amides is 1. The molecule has 0 atom stereocenters. The van der Waals surface area contributed by atoms with Crippen molar-refractivity contribution in [2.24, 2.45) is 0 Å². The van der Waals surface area contributed by atoms with Crippen molar-refractivity contribution < 1.29 is 9.18 Å². The van der Waals surface area contributed by atoms with E-state index in [1.165, 1.54) is 6.07 Å². The topological polar surface area (TPSA) is 29.1 Å². The third-order valence-electron chi connectivity index (χ3n) is 2.05. The van der Waals surface area contributed by atoms with E-state index in [4.69, 9.17) is 11.6 Å². The van der Waals surface area contributed by atoms with Crippen molar-refractivity contribution in [3.8, 4) is 0 Å². The SMILES string of the molecule is CC(C)c1cccc(NC(=O)CCl)c1F. The van der Waals surface area contributed by atoms with Crippen molar-refractivity contribution in [2.75, 3.05) is 11.2 Å². The van der Waals surface area contributed by atoms with Gasteiger partial charge in [0.2, 0.25) is 5.91 Å². The summed E-state index contributed by atoms with van der Waals surface area (Å²) in [5, 5.41) is 2.41. The first-order valence-electron chi connectivity index (χ1n) is 4.70. The number of anilines is 1.